The Balaban J connectivity index is 1.17. The first kappa shape index (κ1) is 30.1. The summed E-state index contributed by atoms with van der Waals surface area (Å²) < 4.78 is 4.89. The van der Waals surface area contributed by atoms with Gasteiger partial charge in [-0.15, -0.1) is 0 Å². The average Bonchev–Trinajstić information content (AvgIpc) is 3.80. The topological polar surface area (TPSA) is 35.6 Å². The quantitative estimate of drug-likeness (QED) is 0.172. The largest absolute Gasteiger partial charge is 0.309 e. The molecule has 4 heterocycles. The molecule has 0 amide bonds. The van der Waals surface area contributed by atoms with E-state index in [0.29, 0.717) is 0 Å². The Bertz CT molecular complexity index is 3070. The molecule has 0 unspecified atom stereocenters. The Kier molecular flexibility index (Phi) is 6.37. The van der Waals surface area contributed by atoms with Gasteiger partial charge in [0, 0.05) is 44.0 Å². The highest BCUT2D eigenvalue weighted by Gasteiger charge is 2.42. The van der Waals surface area contributed by atoms with Crippen molar-refractivity contribution in [1.82, 2.24) is 19.1 Å². The van der Waals surface area contributed by atoms with Gasteiger partial charge < -0.3 is 9.13 Å². The molecule has 7 aromatic carbocycles. The molecule has 250 valence electrons. The van der Waals surface area contributed by atoms with Crippen molar-refractivity contribution in [2.75, 3.05) is 0 Å². The zero-order valence-corrected chi connectivity index (χ0v) is 30.5. The molecule has 0 fully saturated rings. The van der Waals surface area contributed by atoms with Crippen LogP contribution in [0.25, 0.3) is 88.9 Å². The molecular weight excluding hydrogens is 661 g/mol. The molecule has 0 atom stereocenters. The molecule has 10 aromatic rings. The molecule has 0 saturated carbocycles. The second kappa shape index (κ2) is 11.2. The van der Waals surface area contributed by atoms with Crippen molar-refractivity contribution in [3.8, 4) is 45.3 Å². The molecule has 0 N–H and O–H groups in total. The predicted octanol–water partition coefficient (Wildman–Crippen LogP) is 10.8. The van der Waals surface area contributed by atoms with Crippen molar-refractivity contribution in [1.29, 1.82) is 0 Å². The highest BCUT2D eigenvalue weighted by atomic mass is 28.3. The van der Waals surface area contributed by atoms with Crippen LogP contribution in [0.1, 0.15) is 0 Å². The van der Waals surface area contributed by atoms with Crippen LogP contribution in [0.5, 0.6) is 0 Å². The Labute approximate surface area is 308 Å². The fraction of sp³-hybridized carbons (Fsp3) is 0.0417. The fourth-order valence-electron chi connectivity index (χ4n) is 8.86. The maximum atomic E-state index is 5.34. The second-order valence-electron chi connectivity index (χ2n) is 14.6. The summed E-state index contributed by atoms with van der Waals surface area (Å²) in [5.74, 6) is 0.769. The summed E-state index contributed by atoms with van der Waals surface area (Å²) in [6, 6.07) is 61.3. The monoisotopic (exact) mass is 694 g/mol. The average molecular weight is 695 g/mol. The van der Waals surface area contributed by atoms with E-state index in [1.54, 1.807) is 0 Å². The van der Waals surface area contributed by atoms with Crippen LogP contribution in [0.3, 0.4) is 0 Å². The molecule has 3 aromatic heterocycles. The minimum atomic E-state index is -2.27. The summed E-state index contributed by atoms with van der Waals surface area (Å²) in [6.45, 7) is 4.93. The highest BCUT2D eigenvalue weighted by Crippen LogP contribution is 2.41. The molecule has 1 aliphatic heterocycles. The van der Waals surface area contributed by atoms with E-state index in [2.05, 4.69) is 186 Å². The van der Waals surface area contributed by atoms with E-state index in [4.69, 9.17) is 9.97 Å². The zero-order valence-electron chi connectivity index (χ0n) is 29.5. The van der Waals surface area contributed by atoms with Gasteiger partial charge in [-0.25, -0.2) is 9.97 Å². The molecule has 1 aliphatic rings. The van der Waals surface area contributed by atoms with E-state index in [1.807, 2.05) is 6.07 Å². The lowest BCUT2D eigenvalue weighted by atomic mass is 10.1. The predicted molar refractivity (Wildman–Crippen MR) is 224 cm³/mol. The Morgan fingerprint density at radius 1 is 0.415 bits per heavy atom. The lowest BCUT2D eigenvalue weighted by Crippen LogP contribution is -2.50. The van der Waals surface area contributed by atoms with Crippen LogP contribution >= 0.6 is 0 Å². The summed E-state index contributed by atoms with van der Waals surface area (Å²) in [5, 5.41) is 7.71. The van der Waals surface area contributed by atoms with Gasteiger partial charge in [0.05, 0.1) is 33.5 Å². The van der Waals surface area contributed by atoms with Crippen molar-refractivity contribution >= 4 is 62.1 Å². The standard InChI is InChI=1S/C48H34N4Si/c1-53(2)44-28-34(26-27-37(44)46-47(53)45(31-16-6-3-7-17-31)49-48(50-46)32-18-8-4-9-19-32)52-41-25-15-13-23-36(41)39-29-42-38(30-43(39)52)35-22-12-14-24-40(35)51(42)33-20-10-5-11-21-33/h3-30H,1-2H3. The number of nitrogens with zero attached hydrogens (tertiary/aromatic N) is 4. The molecule has 53 heavy (non-hydrogen) atoms. The SMILES string of the molecule is C[Si]1(C)c2cc(-n3c4ccccc4c4cc5c(cc43)c3ccccc3n5-c3ccccc3)ccc2-c2nc(-c3ccccc3)nc(-c3ccccc3)c21. The van der Waals surface area contributed by atoms with Crippen molar-refractivity contribution < 1.29 is 0 Å². The van der Waals surface area contributed by atoms with Crippen LogP contribution < -0.4 is 10.4 Å². The van der Waals surface area contributed by atoms with Gasteiger partial charge in [-0.1, -0.05) is 134 Å². The van der Waals surface area contributed by atoms with E-state index >= 15 is 0 Å². The number of hydrogen-bond donors (Lipinski definition) is 0. The third-order valence-electron chi connectivity index (χ3n) is 11.3. The van der Waals surface area contributed by atoms with Gasteiger partial charge in [0.2, 0.25) is 0 Å². The maximum absolute atomic E-state index is 5.34. The number of fused-ring (bicyclic) bond motifs is 9. The van der Waals surface area contributed by atoms with Crippen LogP contribution in [0.15, 0.2) is 170 Å². The van der Waals surface area contributed by atoms with Crippen molar-refractivity contribution in [3.63, 3.8) is 0 Å². The third-order valence-corrected chi connectivity index (χ3v) is 14.8. The first-order chi connectivity index (χ1) is 26.1. The van der Waals surface area contributed by atoms with Gasteiger partial charge in [-0.3, -0.25) is 0 Å². The minimum absolute atomic E-state index is 0.769. The second-order valence-corrected chi connectivity index (χ2v) is 18.9. The number of para-hydroxylation sites is 3. The van der Waals surface area contributed by atoms with E-state index in [0.717, 1.165) is 28.3 Å². The molecule has 0 bridgehead atoms. The first-order valence-electron chi connectivity index (χ1n) is 18.3. The molecule has 4 nitrogen and oxygen atoms in total. The van der Waals surface area contributed by atoms with Gasteiger partial charge in [-0.05, 0) is 64.5 Å². The summed E-state index contributed by atoms with van der Waals surface area (Å²) in [6.07, 6.45) is 0. The maximum Gasteiger partial charge on any atom is 0.160 e. The van der Waals surface area contributed by atoms with Gasteiger partial charge in [0.15, 0.2) is 5.82 Å². The number of benzene rings is 7. The lowest BCUT2D eigenvalue weighted by molar-refractivity contribution is 1.17. The lowest BCUT2D eigenvalue weighted by Gasteiger charge is -2.22. The molecule has 0 aliphatic carbocycles. The van der Waals surface area contributed by atoms with Crippen molar-refractivity contribution in [2.24, 2.45) is 0 Å². The number of rotatable bonds is 4. The zero-order chi connectivity index (χ0) is 35.3. The van der Waals surface area contributed by atoms with Gasteiger partial charge in [0.25, 0.3) is 0 Å². The summed E-state index contributed by atoms with van der Waals surface area (Å²) in [4.78, 5) is 10.7. The summed E-state index contributed by atoms with van der Waals surface area (Å²) in [5.41, 5.74) is 12.7. The summed E-state index contributed by atoms with van der Waals surface area (Å²) in [7, 11) is -2.27. The van der Waals surface area contributed by atoms with E-state index in [-0.39, 0.29) is 0 Å². The van der Waals surface area contributed by atoms with Crippen LogP contribution in [0.2, 0.25) is 13.1 Å². The smallest absolute Gasteiger partial charge is 0.160 e. The Hall–Kier alpha value is -6.56. The van der Waals surface area contributed by atoms with Crippen LogP contribution in [-0.4, -0.2) is 27.2 Å². The highest BCUT2D eigenvalue weighted by molar-refractivity contribution is 7.04. The first-order valence-corrected chi connectivity index (χ1v) is 21.3. The van der Waals surface area contributed by atoms with Crippen LogP contribution in [-0.2, 0) is 0 Å². The van der Waals surface area contributed by atoms with Crippen molar-refractivity contribution in [2.45, 2.75) is 13.1 Å². The number of hydrogen-bond acceptors (Lipinski definition) is 2. The van der Waals surface area contributed by atoms with E-state index < -0.39 is 8.07 Å². The molecule has 5 heteroatoms. The molecule has 0 radical (unpaired) electrons. The molecule has 0 spiro atoms. The molecule has 0 saturated heterocycles. The van der Waals surface area contributed by atoms with Gasteiger partial charge >= 0.3 is 0 Å². The summed E-state index contributed by atoms with van der Waals surface area (Å²) >= 11 is 0. The third kappa shape index (κ3) is 4.35. The van der Waals surface area contributed by atoms with E-state index in [1.165, 1.54) is 70.9 Å². The van der Waals surface area contributed by atoms with Crippen molar-refractivity contribution in [3.05, 3.63) is 170 Å². The fourth-order valence-corrected chi connectivity index (χ4v) is 12.1. The van der Waals surface area contributed by atoms with Gasteiger partial charge in [0.1, 0.15) is 8.07 Å². The van der Waals surface area contributed by atoms with E-state index in [9.17, 15) is 0 Å². The molecular formula is C48H34N4Si. The molecule has 11 rings (SSSR count). The van der Waals surface area contributed by atoms with Crippen LogP contribution in [0, 0.1) is 0 Å². The Morgan fingerprint density at radius 2 is 0.925 bits per heavy atom. The number of aromatic nitrogens is 4. The van der Waals surface area contributed by atoms with Crippen LogP contribution in [0.4, 0.5) is 0 Å². The minimum Gasteiger partial charge on any atom is -0.309 e. The Morgan fingerprint density at radius 3 is 1.55 bits per heavy atom. The normalized spacial score (nSPS) is 13.2. The van der Waals surface area contributed by atoms with Gasteiger partial charge in [-0.2, -0.15) is 0 Å².